The van der Waals surface area contributed by atoms with Crippen LogP contribution >= 0.6 is 11.8 Å². The summed E-state index contributed by atoms with van der Waals surface area (Å²) >= 11 is 1.56. The van der Waals surface area contributed by atoms with Crippen molar-refractivity contribution in [2.24, 2.45) is 0 Å². The second kappa shape index (κ2) is 5.45. The summed E-state index contributed by atoms with van der Waals surface area (Å²) in [5, 5.41) is 8.80. The van der Waals surface area contributed by atoms with Gasteiger partial charge in [0.1, 0.15) is 0 Å². The number of amides is 1. The molecule has 0 bridgehead atoms. The van der Waals surface area contributed by atoms with E-state index in [-0.39, 0.29) is 5.41 Å². The number of hydrogen-bond acceptors (Lipinski definition) is 2. The molecule has 0 aliphatic rings. The Labute approximate surface area is 107 Å². The molecule has 0 aliphatic heterocycles. The van der Waals surface area contributed by atoms with Crippen LogP contribution in [0, 0.1) is 0 Å². The van der Waals surface area contributed by atoms with Crippen molar-refractivity contribution < 1.29 is 9.90 Å². The van der Waals surface area contributed by atoms with E-state index in [9.17, 15) is 4.79 Å². The van der Waals surface area contributed by atoms with E-state index in [0.717, 1.165) is 4.90 Å². The predicted molar refractivity (Wildman–Crippen MR) is 71.7 cm³/mol. The van der Waals surface area contributed by atoms with Gasteiger partial charge in [-0.05, 0) is 17.0 Å². The fourth-order valence-electron chi connectivity index (χ4n) is 1.43. The monoisotopic (exact) mass is 253 g/mol. The quantitative estimate of drug-likeness (QED) is 0.660. The van der Waals surface area contributed by atoms with Crippen molar-refractivity contribution in [3.8, 4) is 0 Å². The van der Waals surface area contributed by atoms with Crippen molar-refractivity contribution >= 4 is 17.9 Å². The summed E-state index contributed by atoms with van der Waals surface area (Å²) in [7, 11) is 1.58. The molecule has 0 spiro atoms. The highest BCUT2D eigenvalue weighted by molar-refractivity contribution is 7.99. The van der Waals surface area contributed by atoms with Crippen LogP contribution in [0.25, 0.3) is 0 Å². The standard InChI is InChI=1S/C13H19NO2S/c1-13(2,3)10-7-5-6-8-11(10)17-9-14(4)12(15)16/h5-8H,9H2,1-4H3,(H,15,16). The molecule has 0 fully saturated rings. The third kappa shape index (κ3) is 3.97. The van der Waals surface area contributed by atoms with Gasteiger partial charge in [0.05, 0.1) is 5.88 Å². The van der Waals surface area contributed by atoms with E-state index in [1.165, 1.54) is 10.5 Å². The van der Waals surface area contributed by atoms with Crippen LogP contribution in [0.3, 0.4) is 0 Å². The molecule has 1 N–H and O–H groups in total. The number of hydrogen-bond donors (Lipinski definition) is 1. The Bertz CT molecular complexity index is 399. The molecule has 1 aromatic carbocycles. The molecule has 3 nitrogen and oxygen atoms in total. The van der Waals surface area contributed by atoms with Gasteiger partial charge in [0.25, 0.3) is 0 Å². The Morgan fingerprint density at radius 2 is 1.94 bits per heavy atom. The maximum absolute atomic E-state index is 10.7. The number of rotatable bonds is 3. The van der Waals surface area contributed by atoms with Crippen LogP contribution in [-0.2, 0) is 5.41 Å². The summed E-state index contributed by atoms with van der Waals surface area (Å²) in [6.07, 6.45) is -0.897. The summed E-state index contributed by atoms with van der Waals surface area (Å²) in [6, 6.07) is 8.15. The van der Waals surface area contributed by atoms with E-state index in [1.807, 2.05) is 18.2 Å². The lowest BCUT2D eigenvalue weighted by Gasteiger charge is -2.23. The molecule has 0 atom stereocenters. The van der Waals surface area contributed by atoms with E-state index in [0.29, 0.717) is 5.88 Å². The molecule has 0 saturated carbocycles. The van der Waals surface area contributed by atoms with Crippen LogP contribution < -0.4 is 0 Å². The molecular formula is C13H19NO2S. The fraction of sp³-hybridized carbons (Fsp3) is 0.462. The average Bonchev–Trinajstić information content (AvgIpc) is 2.24. The number of carboxylic acid groups (broad SMARTS) is 1. The summed E-state index contributed by atoms with van der Waals surface area (Å²) in [4.78, 5) is 13.1. The Morgan fingerprint density at radius 1 is 1.35 bits per heavy atom. The van der Waals surface area contributed by atoms with Crippen molar-refractivity contribution in [1.29, 1.82) is 0 Å². The molecule has 1 amide bonds. The Morgan fingerprint density at radius 3 is 2.47 bits per heavy atom. The van der Waals surface area contributed by atoms with E-state index >= 15 is 0 Å². The van der Waals surface area contributed by atoms with E-state index < -0.39 is 6.09 Å². The smallest absolute Gasteiger partial charge is 0.407 e. The van der Waals surface area contributed by atoms with Gasteiger partial charge in [0.15, 0.2) is 0 Å². The predicted octanol–water partition coefficient (Wildman–Crippen LogP) is 3.64. The van der Waals surface area contributed by atoms with Gasteiger partial charge in [-0.2, -0.15) is 0 Å². The molecule has 0 saturated heterocycles. The molecule has 1 aromatic rings. The van der Waals surface area contributed by atoms with Gasteiger partial charge in [-0.15, -0.1) is 11.8 Å². The fourth-order valence-corrected chi connectivity index (χ4v) is 2.58. The van der Waals surface area contributed by atoms with E-state index in [4.69, 9.17) is 5.11 Å². The third-order valence-corrected chi connectivity index (χ3v) is 3.62. The number of carbonyl (C=O) groups is 1. The number of benzene rings is 1. The lowest BCUT2D eigenvalue weighted by Crippen LogP contribution is -2.24. The zero-order valence-electron chi connectivity index (χ0n) is 10.7. The molecule has 94 valence electrons. The lowest BCUT2D eigenvalue weighted by atomic mass is 9.87. The minimum absolute atomic E-state index is 0.0748. The molecule has 0 aromatic heterocycles. The highest BCUT2D eigenvalue weighted by Crippen LogP contribution is 2.32. The summed E-state index contributed by atoms with van der Waals surface area (Å²) < 4.78 is 0. The first-order valence-electron chi connectivity index (χ1n) is 5.48. The topological polar surface area (TPSA) is 40.5 Å². The second-order valence-electron chi connectivity index (χ2n) is 5.00. The second-order valence-corrected chi connectivity index (χ2v) is 5.99. The zero-order chi connectivity index (χ0) is 13.1. The van der Waals surface area contributed by atoms with Gasteiger partial charge in [0, 0.05) is 11.9 Å². The van der Waals surface area contributed by atoms with Crippen LogP contribution in [0.15, 0.2) is 29.2 Å². The van der Waals surface area contributed by atoms with Crippen molar-refractivity contribution in [3.05, 3.63) is 29.8 Å². The van der Waals surface area contributed by atoms with Crippen molar-refractivity contribution in [1.82, 2.24) is 4.90 Å². The zero-order valence-corrected chi connectivity index (χ0v) is 11.5. The first-order valence-corrected chi connectivity index (χ1v) is 6.47. The van der Waals surface area contributed by atoms with E-state index in [2.05, 4.69) is 26.8 Å². The van der Waals surface area contributed by atoms with Crippen LogP contribution in [0.5, 0.6) is 0 Å². The van der Waals surface area contributed by atoms with Gasteiger partial charge in [-0.1, -0.05) is 39.0 Å². The number of thioether (sulfide) groups is 1. The Hall–Kier alpha value is -1.16. The Balaban J connectivity index is 2.81. The maximum Gasteiger partial charge on any atom is 0.407 e. The molecule has 1 rings (SSSR count). The molecular weight excluding hydrogens is 234 g/mol. The van der Waals surface area contributed by atoms with Crippen LogP contribution in [0.4, 0.5) is 4.79 Å². The summed E-state index contributed by atoms with van der Waals surface area (Å²) in [5.41, 5.74) is 1.33. The van der Waals surface area contributed by atoms with Gasteiger partial charge in [-0.3, -0.25) is 0 Å². The van der Waals surface area contributed by atoms with Crippen LogP contribution in [0.1, 0.15) is 26.3 Å². The molecule has 0 heterocycles. The van der Waals surface area contributed by atoms with Gasteiger partial charge in [0.2, 0.25) is 0 Å². The van der Waals surface area contributed by atoms with Gasteiger partial charge >= 0.3 is 6.09 Å². The third-order valence-electron chi connectivity index (χ3n) is 2.44. The highest BCUT2D eigenvalue weighted by Gasteiger charge is 2.18. The van der Waals surface area contributed by atoms with Gasteiger partial charge < -0.3 is 10.0 Å². The minimum Gasteiger partial charge on any atom is -0.465 e. The number of nitrogens with zero attached hydrogens (tertiary/aromatic N) is 1. The largest absolute Gasteiger partial charge is 0.465 e. The maximum atomic E-state index is 10.7. The molecule has 4 heteroatoms. The van der Waals surface area contributed by atoms with Crippen LogP contribution in [-0.4, -0.2) is 29.0 Å². The van der Waals surface area contributed by atoms with Crippen molar-refractivity contribution in [2.75, 3.05) is 12.9 Å². The average molecular weight is 253 g/mol. The normalized spacial score (nSPS) is 11.3. The lowest BCUT2D eigenvalue weighted by molar-refractivity contribution is 0.163. The first-order chi connectivity index (χ1) is 7.82. The minimum atomic E-state index is -0.897. The molecule has 17 heavy (non-hydrogen) atoms. The molecule has 0 radical (unpaired) electrons. The first kappa shape index (κ1) is 13.9. The SMILES string of the molecule is CN(CSc1ccccc1C(C)(C)C)C(=O)O. The van der Waals surface area contributed by atoms with E-state index in [1.54, 1.807) is 18.8 Å². The summed E-state index contributed by atoms with van der Waals surface area (Å²) in [5.74, 6) is 0.447. The Kier molecular flexibility index (Phi) is 4.46. The molecule has 0 unspecified atom stereocenters. The van der Waals surface area contributed by atoms with Gasteiger partial charge in [-0.25, -0.2) is 4.79 Å². The van der Waals surface area contributed by atoms with Crippen molar-refractivity contribution in [2.45, 2.75) is 31.1 Å². The summed E-state index contributed by atoms with van der Waals surface area (Å²) in [6.45, 7) is 6.48. The van der Waals surface area contributed by atoms with Crippen molar-refractivity contribution in [3.63, 3.8) is 0 Å². The molecule has 0 aliphatic carbocycles. The highest BCUT2D eigenvalue weighted by atomic mass is 32.2. The van der Waals surface area contributed by atoms with Crippen LogP contribution in [0.2, 0.25) is 0 Å².